The molecule has 0 unspecified atom stereocenters. The van der Waals surface area contributed by atoms with Crippen LogP contribution in [0.25, 0.3) is 0 Å². The van der Waals surface area contributed by atoms with E-state index >= 15 is 0 Å². The van der Waals surface area contributed by atoms with Gasteiger partial charge in [-0.15, -0.1) is 0 Å². The van der Waals surface area contributed by atoms with Crippen molar-refractivity contribution in [3.05, 3.63) is 30.1 Å². The van der Waals surface area contributed by atoms with Crippen molar-refractivity contribution >= 4 is 5.91 Å². The van der Waals surface area contributed by atoms with Gasteiger partial charge in [0.05, 0.1) is 32.0 Å². The lowest BCUT2D eigenvalue weighted by atomic mass is 9.97. The molecule has 6 heteroatoms. The number of amides is 1. The van der Waals surface area contributed by atoms with Crippen molar-refractivity contribution in [2.75, 3.05) is 46.0 Å². The number of carbonyl (C=O) groups excluding carboxylic acids is 1. The summed E-state index contributed by atoms with van der Waals surface area (Å²) in [5.41, 5.74) is 1.12. The van der Waals surface area contributed by atoms with Crippen molar-refractivity contribution in [1.29, 1.82) is 0 Å². The van der Waals surface area contributed by atoms with Gasteiger partial charge in [0.2, 0.25) is 5.91 Å². The molecule has 1 amide bonds. The minimum atomic E-state index is -0.0926. The van der Waals surface area contributed by atoms with Crippen molar-refractivity contribution in [3.8, 4) is 0 Å². The summed E-state index contributed by atoms with van der Waals surface area (Å²) in [5, 5.41) is 0. The van der Waals surface area contributed by atoms with E-state index in [1.165, 1.54) is 0 Å². The molecular formula is C22H33N3O3. The van der Waals surface area contributed by atoms with Crippen LogP contribution in [0.3, 0.4) is 0 Å². The molecule has 2 saturated heterocycles. The zero-order chi connectivity index (χ0) is 19.9. The van der Waals surface area contributed by atoms with Gasteiger partial charge in [-0.3, -0.25) is 14.7 Å². The third-order valence-electron chi connectivity index (χ3n) is 7.47. The number of nitrogens with zero attached hydrogens (tertiary/aromatic N) is 3. The van der Waals surface area contributed by atoms with E-state index in [0.717, 1.165) is 38.4 Å². The number of hydrogen-bond acceptors (Lipinski definition) is 5. The number of aromatic nitrogens is 1. The van der Waals surface area contributed by atoms with Crippen LogP contribution in [-0.4, -0.2) is 72.8 Å². The Morgan fingerprint density at radius 1 is 1.14 bits per heavy atom. The normalized spacial score (nSPS) is 30.2. The van der Waals surface area contributed by atoms with E-state index in [1.807, 2.05) is 12.3 Å². The molecule has 1 aromatic heterocycles. The predicted molar refractivity (Wildman–Crippen MR) is 107 cm³/mol. The highest BCUT2D eigenvalue weighted by atomic mass is 16.5. The highest BCUT2D eigenvalue weighted by Gasteiger charge is 2.69. The maximum absolute atomic E-state index is 13.6. The summed E-state index contributed by atoms with van der Waals surface area (Å²) in [6.07, 6.45) is 3.61. The molecule has 3 fully saturated rings. The summed E-state index contributed by atoms with van der Waals surface area (Å²) >= 11 is 0. The molecule has 0 spiro atoms. The zero-order valence-corrected chi connectivity index (χ0v) is 17.6. The fourth-order valence-corrected chi connectivity index (χ4v) is 5.10. The standard InChI is InChI=1S/C22H33N3O3/c1-21(2)19(22(21,3)4)20(26)25-10-13-28-17(15-24-8-11-27-12-9-24)18(25)16-6-5-7-23-14-16/h5-7,14,17-19H,8-13,15H2,1-4H3/t17-,18-/m0/s1. The van der Waals surface area contributed by atoms with Gasteiger partial charge in [-0.1, -0.05) is 33.8 Å². The molecule has 0 aromatic carbocycles. The lowest BCUT2D eigenvalue weighted by molar-refractivity contribution is -0.152. The molecular weight excluding hydrogens is 354 g/mol. The first kappa shape index (κ1) is 19.8. The lowest BCUT2D eigenvalue weighted by Gasteiger charge is -2.44. The van der Waals surface area contributed by atoms with Crippen molar-refractivity contribution in [2.24, 2.45) is 16.7 Å². The predicted octanol–water partition coefficient (Wildman–Crippen LogP) is 2.36. The fourth-order valence-electron chi connectivity index (χ4n) is 5.10. The number of carbonyl (C=O) groups is 1. The summed E-state index contributed by atoms with van der Waals surface area (Å²) in [5.74, 6) is 0.320. The quantitative estimate of drug-likeness (QED) is 0.794. The maximum atomic E-state index is 13.6. The highest BCUT2D eigenvalue weighted by Crippen LogP contribution is 2.69. The Kier molecular flexibility index (Phi) is 5.23. The van der Waals surface area contributed by atoms with Crippen LogP contribution >= 0.6 is 0 Å². The van der Waals surface area contributed by atoms with Crippen molar-refractivity contribution < 1.29 is 14.3 Å². The molecule has 0 bridgehead atoms. The second-order valence-electron chi connectivity index (χ2n) is 9.46. The molecule has 3 aliphatic rings. The van der Waals surface area contributed by atoms with E-state index in [2.05, 4.69) is 48.5 Å². The summed E-state index contributed by atoms with van der Waals surface area (Å²) in [6, 6.07) is 3.93. The van der Waals surface area contributed by atoms with Crippen molar-refractivity contribution in [3.63, 3.8) is 0 Å². The molecule has 154 valence electrons. The van der Waals surface area contributed by atoms with E-state index in [-0.39, 0.29) is 34.8 Å². The van der Waals surface area contributed by atoms with Crippen LogP contribution in [0, 0.1) is 16.7 Å². The monoisotopic (exact) mass is 387 g/mol. The maximum Gasteiger partial charge on any atom is 0.227 e. The molecule has 2 atom stereocenters. The smallest absolute Gasteiger partial charge is 0.227 e. The Balaban J connectivity index is 1.60. The first-order chi connectivity index (χ1) is 13.3. The minimum absolute atomic E-state index is 0.0293. The Labute approximate surface area is 168 Å². The van der Waals surface area contributed by atoms with Gasteiger partial charge in [-0.2, -0.15) is 0 Å². The van der Waals surface area contributed by atoms with Crippen LogP contribution in [0.2, 0.25) is 0 Å². The summed E-state index contributed by atoms with van der Waals surface area (Å²) < 4.78 is 11.7. The van der Waals surface area contributed by atoms with Crippen LogP contribution in [0.5, 0.6) is 0 Å². The van der Waals surface area contributed by atoms with Gasteiger partial charge in [0.25, 0.3) is 0 Å². The molecule has 28 heavy (non-hydrogen) atoms. The molecule has 4 rings (SSSR count). The number of ether oxygens (including phenoxy) is 2. The van der Waals surface area contributed by atoms with Crippen molar-refractivity contribution in [1.82, 2.24) is 14.8 Å². The van der Waals surface area contributed by atoms with Crippen molar-refractivity contribution in [2.45, 2.75) is 39.8 Å². The van der Waals surface area contributed by atoms with Gasteiger partial charge in [-0.05, 0) is 22.5 Å². The minimum Gasteiger partial charge on any atom is -0.379 e. The van der Waals surface area contributed by atoms with Gasteiger partial charge in [-0.25, -0.2) is 0 Å². The number of rotatable bonds is 4. The van der Waals surface area contributed by atoms with E-state index in [0.29, 0.717) is 13.2 Å². The van der Waals surface area contributed by atoms with Crippen LogP contribution in [0.1, 0.15) is 39.3 Å². The number of pyridine rings is 1. The average molecular weight is 388 g/mol. The Hall–Kier alpha value is -1.50. The van der Waals surface area contributed by atoms with Crippen LogP contribution in [-0.2, 0) is 14.3 Å². The lowest BCUT2D eigenvalue weighted by Crippen LogP contribution is -2.53. The molecule has 0 N–H and O–H groups in total. The van der Waals surface area contributed by atoms with E-state index in [4.69, 9.17) is 9.47 Å². The zero-order valence-electron chi connectivity index (χ0n) is 17.6. The summed E-state index contributed by atoms with van der Waals surface area (Å²) in [7, 11) is 0. The molecule has 1 saturated carbocycles. The van der Waals surface area contributed by atoms with Crippen LogP contribution < -0.4 is 0 Å². The van der Waals surface area contributed by atoms with Gasteiger partial charge >= 0.3 is 0 Å². The Morgan fingerprint density at radius 3 is 2.46 bits per heavy atom. The second-order valence-corrected chi connectivity index (χ2v) is 9.46. The Morgan fingerprint density at radius 2 is 1.86 bits per heavy atom. The van der Waals surface area contributed by atoms with E-state index in [9.17, 15) is 4.79 Å². The third-order valence-corrected chi connectivity index (χ3v) is 7.47. The van der Waals surface area contributed by atoms with Gasteiger partial charge < -0.3 is 14.4 Å². The summed E-state index contributed by atoms with van der Waals surface area (Å²) in [4.78, 5) is 22.4. The Bertz CT molecular complexity index is 686. The van der Waals surface area contributed by atoms with Crippen LogP contribution in [0.15, 0.2) is 24.5 Å². The molecule has 3 heterocycles. The van der Waals surface area contributed by atoms with E-state index < -0.39 is 0 Å². The largest absolute Gasteiger partial charge is 0.379 e. The topological polar surface area (TPSA) is 54.9 Å². The first-order valence-corrected chi connectivity index (χ1v) is 10.5. The molecule has 0 radical (unpaired) electrons. The molecule has 6 nitrogen and oxygen atoms in total. The summed E-state index contributed by atoms with van der Waals surface area (Å²) in [6.45, 7) is 14.2. The molecule has 1 aromatic rings. The SMILES string of the molecule is CC1(C)C(C(=O)N2CCO[C@@H](CN3CCOCC3)[C@@H]2c2cccnc2)C1(C)C. The number of morpholine rings is 2. The van der Waals surface area contributed by atoms with Gasteiger partial charge in [0.15, 0.2) is 0 Å². The second kappa shape index (κ2) is 7.39. The molecule has 1 aliphatic carbocycles. The first-order valence-electron chi connectivity index (χ1n) is 10.5. The molecule has 2 aliphatic heterocycles. The third kappa shape index (κ3) is 3.36. The average Bonchev–Trinajstić information content (AvgIpc) is 3.11. The van der Waals surface area contributed by atoms with Gasteiger partial charge in [0.1, 0.15) is 0 Å². The fraction of sp³-hybridized carbons (Fsp3) is 0.727. The highest BCUT2D eigenvalue weighted by molar-refractivity contribution is 5.84. The van der Waals surface area contributed by atoms with Crippen LogP contribution in [0.4, 0.5) is 0 Å². The van der Waals surface area contributed by atoms with Gasteiger partial charge in [0, 0.05) is 44.5 Å². The number of hydrogen-bond donors (Lipinski definition) is 0. The van der Waals surface area contributed by atoms with E-state index in [1.54, 1.807) is 6.20 Å².